The Kier molecular flexibility index (Phi) is 5.58. The number of methoxy groups -OCH3 is 1. The first kappa shape index (κ1) is 18.0. The molecule has 0 fully saturated rings. The van der Waals surface area contributed by atoms with Crippen molar-refractivity contribution in [1.82, 2.24) is 5.32 Å². The molecule has 0 bridgehead atoms. The van der Waals surface area contributed by atoms with Crippen LogP contribution in [0.4, 0.5) is 19.3 Å². The highest BCUT2D eigenvalue weighted by molar-refractivity contribution is 6.43. The van der Waals surface area contributed by atoms with E-state index >= 15 is 0 Å². The number of halogens is 4. The largest absolute Gasteiger partial charge is 0.495 e. The Hall–Kier alpha value is -2.38. The third-order valence-electron chi connectivity index (χ3n) is 2.89. The fourth-order valence-corrected chi connectivity index (χ4v) is 2.22. The Balaban J connectivity index is 2.14. The molecule has 0 atom stereocenters. The molecule has 0 aliphatic rings. The molecule has 5 nitrogen and oxygen atoms in total. The number of rotatable bonds is 3. The zero-order valence-electron chi connectivity index (χ0n) is 12.1. The summed E-state index contributed by atoms with van der Waals surface area (Å²) in [5.74, 6) is -3.20. The predicted octanol–water partition coefficient (Wildman–Crippen LogP) is 4.24. The normalized spacial score (nSPS) is 10.2. The lowest BCUT2D eigenvalue weighted by atomic mass is 10.2. The van der Waals surface area contributed by atoms with Crippen LogP contribution in [-0.2, 0) is 0 Å². The first-order valence-electron chi connectivity index (χ1n) is 6.43. The maximum atomic E-state index is 13.5. The van der Waals surface area contributed by atoms with Gasteiger partial charge in [-0.3, -0.25) is 10.1 Å². The molecule has 0 unspecified atom stereocenters. The first-order chi connectivity index (χ1) is 11.3. The number of carbonyl (C=O) groups is 2. The molecule has 0 saturated heterocycles. The van der Waals surface area contributed by atoms with E-state index in [1.54, 1.807) is 0 Å². The van der Waals surface area contributed by atoms with Crippen molar-refractivity contribution in [2.75, 3.05) is 12.4 Å². The second kappa shape index (κ2) is 7.46. The highest BCUT2D eigenvalue weighted by Crippen LogP contribution is 2.35. The molecule has 126 valence electrons. The summed E-state index contributed by atoms with van der Waals surface area (Å²) in [6.07, 6.45) is 0. The number of nitrogens with one attached hydrogen (secondary N) is 2. The molecule has 24 heavy (non-hydrogen) atoms. The van der Waals surface area contributed by atoms with E-state index < -0.39 is 29.1 Å². The number of hydrogen-bond acceptors (Lipinski definition) is 3. The monoisotopic (exact) mass is 374 g/mol. The van der Waals surface area contributed by atoms with Crippen LogP contribution in [0.1, 0.15) is 10.4 Å². The number of anilines is 1. The van der Waals surface area contributed by atoms with Crippen molar-refractivity contribution in [2.24, 2.45) is 0 Å². The minimum absolute atomic E-state index is 0.109. The van der Waals surface area contributed by atoms with E-state index in [1.165, 1.54) is 19.2 Å². The summed E-state index contributed by atoms with van der Waals surface area (Å²) in [7, 11) is 1.35. The van der Waals surface area contributed by atoms with Crippen molar-refractivity contribution in [1.29, 1.82) is 0 Å². The summed E-state index contributed by atoms with van der Waals surface area (Å²) in [4.78, 5) is 23.6. The number of ether oxygens (including phenoxy) is 1. The fraction of sp³-hybridized carbons (Fsp3) is 0.0667. The van der Waals surface area contributed by atoms with Crippen molar-refractivity contribution >= 4 is 40.8 Å². The zero-order chi connectivity index (χ0) is 17.9. The minimum atomic E-state index is -1.23. The molecule has 2 N–H and O–H groups in total. The van der Waals surface area contributed by atoms with Crippen molar-refractivity contribution in [3.8, 4) is 5.75 Å². The predicted molar refractivity (Wildman–Crippen MR) is 85.9 cm³/mol. The van der Waals surface area contributed by atoms with Crippen LogP contribution in [0.15, 0.2) is 30.3 Å². The number of amides is 3. The van der Waals surface area contributed by atoms with Crippen LogP contribution in [0.5, 0.6) is 5.75 Å². The first-order valence-corrected chi connectivity index (χ1v) is 7.18. The van der Waals surface area contributed by atoms with E-state index in [9.17, 15) is 18.4 Å². The van der Waals surface area contributed by atoms with Gasteiger partial charge in [-0.05, 0) is 18.2 Å². The molecule has 2 aromatic carbocycles. The van der Waals surface area contributed by atoms with E-state index in [1.807, 2.05) is 5.32 Å². The van der Waals surface area contributed by atoms with Crippen molar-refractivity contribution in [3.05, 3.63) is 57.6 Å². The molecule has 0 radical (unpaired) electrons. The zero-order valence-corrected chi connectivity index (χ0v) is 13.6. The van der Waals surface area contributed by atoms with Gasteiger partial charge in [-0.1, -0.05) is 29.3 Å². The Morgan fingerprint density at radius 2 is 1.75 bits per heavy atom. The van der Waals surface area contributed by atoms with Crippen LogP contribution in [0.25, 0.3) is 0 Å². The molecular formula is C15H10Cl2F2N2O3. The van der Waals surface area contributed by atoms with Gasteiger partial charge in [-0.25, -0.2) is 13.6 Å². The van der Waals surface area contributed by atoms with Gasteiger partial charge in [0.1, 0.15) is 28.0 Å². The molecule has 0 heterocycles. The molecule has 0 aliphatic carbocycles. The number of imide groups is 1. The van der Waals surface area contributed by atoms with E-state index in [4.69, 9.17) is 27.9 Å². The van der Waals surface area contributed by atoms with Gasteiger partial charge in [0.2, 0.25) is 0 Å². The number of urea groups is 1. The lowest BCUT2D eigenvalue weighted by Gasteiger charge is -2.11. The van der Waals surface area contributed by atoms with Gasteiger partial charge >= 0.3 is 6.03 Å². The molecule has 0 spiro atoms. The van der Waals surface area contributed by atoms with Crippen molar-refractivity contribution in [2.45, 2.75) is 0 Å². The van der Waals surface area contributed by atoms with Crippen LogP contribution in [-0.4, -0.2) is 19.0 Å². The van der Waals surface area contributed by atoms with Gasteiger partial charge < -0.3 is 10.1 Å². The topological polar surface area (TPSA) is 67.4 Å². The minimum Gasteiger partial charge on any atom is -0.495 e. The van der Waals surface area contributed by atoms with Gasteiger partial charge in [0.05, 0.1) is 12.1 Å². The van der Waals surface area contributed by atoms with Crippen LogP contribution >= 0.6 is 23.2 Å². The summed E-state index contributed by atoms with van der Waals surface area (Å²) in [5, 5.41) is 4.35. The van der Waals surface area contributed by atoms with Gasteiger partial charge in [0, 0.05) is 11.8 Å². The molecule has 0 aromatic heterocycles. The Bertz CT molecular complexity index is 795. The maximum Gasteiger partial charge on any atom is 0.326 e. The number of hydrogen-bond donors (Lipinski definition) is 2. The molecular weight excluding hydrogens is 365 g/mol. The van der Waals surface area contributed by atoms with Gasteiger partial charge in [-0.2, -0.15) is 0 Å². The third kappa shape index (κ3) is 3.93. The second-order valence-corrected chi connectivity index (χ2v) is 5.26. The molecule has 2 rings (SSSR count). The highest BCUT2D eigenvalue weighted by Gasteiger charge is 2.19. The lowest BCUT2D eigenvalue weighted by Crippen LogP contribution is -2.35. The summed E-state index contributed by atoms with van der Waals surface area (Å²) in [5.41, 5.74) is -0.695. The summed E-state index contributed by atoms with van der Waals surface area (Å²) in [6.45, 7) is 0. The average Bonchev–Trinajstić information content (AvgIpc) is 2.50. The second-order valence-electron chi connectivity index (χ2n) is 4.48. The summed E-state index contributed by atoms with van der Waals surface area (Å²) < 4.78 is 32.0. The number of carbonyl (C=O) groups excluding carboxylic acids is 2. The SMILES string of the molecule is COc1cc(NC(=O)NC(=O)c2c(F)cccc2F)cc(Cl)c1Cl. The maximum absolute atomic E-state index is 13.5. The number of benzene rings is 2. The van der Waals surface area contributed by atoms with E-state index in [0.29, 0.717) is 0 Å². The Morgan fingerprint density at radius 1 is 1.12 bits per heavy atom. The smallest absolute Gasteiger partial charge is 0.326 e. The average molecular weight is 375 g/mol. The van der Waals surface area contributed by atoms with Crippen LogP contribution in [0, 0.1) is 11.6 Å². The highest BCUT2D eigenvalue weighted by atomic mass is 35.5. The Morgan fingerprint density at radius 3 is 2.33 bits per heavy atom. The third-order valence-corrected chi connectivity index (χ3v) is 3.67. The molecule has 2 aromatic rings. The van der Waals surface area contributed by atoms with Crippen LogP contribution < -0.4 is 15.4 Å². The van der Waals surface area contributed by atoms with Gasteiger partial charge in [-0.15, -0.1) is 0 Å². The van der Waals surface area contributed by atoms with Crippen LogP contribution in [0.3, 0.4) is 0 Å². The van der Waals surface area contributed by atoms with E-state index in [2.05, 4.69) is 5.32 Å². The standard InChI is InChI=1S/C15H10Cl2F2N2O3/c1-24-11-6-7(5-8(16)13(11)17)20-15(23)21-14(22)12-9(18)3-2-4-10(12)19/h2-6H,1H3,(H2,20,21,22,23). The van der Waals surface area contributed by atoms with Crippen molar-refractivity contribution in [3.63, 3.8) is 0 Å². The molecule has 0 saturated carbocycles. The Labute approximate surface area is 145 Å². The fourth-order valence-electron chi connectivity index (χ4n) is 1.83. The lowest BCUT2D eigenvalue weighted by molar-refractivity contribution is 0.0959. The molecule has 0 aliphatic heterocycles. The van der Waals surface area contributed by atoms with Gasteiger partial charge in [0.25, 0.3) is 5.91 Å². The van der Waals surface area contributed by atoms with Gasteiger partial charge in [0.15, 0.2) is 0 Å². The molecule has 9 heteroatoms. The van der Waals surface area contributed by atoms with E-state index in [0.717, 1.165) is 18.2 Å². The van der Waals surface area contributed by atoms with Crippen LogP contribution in [0.2, 0.25) is 10.0 Å². The molecule has 3 amide bonds. The quantitative estimate of drug-likeness (QED) is 0.843. The summed E-state index contributed by atoms with van der Waals surface area (Å²) in [6, 6.07) is 4.58. The summed E-state index contributed by atoms with van der Waals surface area (Å²) >= 11 is 11.8. The van der Waals surface area contributed by atoms with Crippen molar-refractivity contribution < 1.29 is 23.1 Å². The van der Waals surface area contributed by atoms with E-state index in [-0.39, 0.29) is 21.5 Å².